The van der Waals surface area contributed by atoms with E-state index in [0.717, 1.165) is 16.8 Å². The van der Waals surface area contributed by atoms with Crippen LogP contribution in [0.4, 0.5) is 0 Å². The van der Waals surface area contributed by atoms with Crippen LogP contribution in [0.25, 0.3) is 22.9 Å². The van der Waals surface area contributed by atoms with Crippen molar-refractivity contribution in [1.29, 1.82) is 5.26 Å². The Hall–Kier alpha value is -2.90. The summed E-state index contributed by atoms with van der Waals surface area (Å²) in [5.74, 6) is 0.205. The summed E-state index contributed by atoms with van der Waals surface area (Å²) in [5, 5.41) is 21.4. The van der Waals surface area contributed by atoms with E-state index >= 15 is 0 Å². The number of phenols is 1. The summed E-state index contributed by atoms with van der Waals surface area (Å²) in [4.78, 5) is 4.57. The normalized spacial score (nSPS) is 11.2. The predicted octanol–water partition coefficient (Wildman–Crippen LogP) is 4.89. The topological polar surface area (TPSA) is 56.9 Å². The molecule has 3 nitrogen and oxygen atoms in total. The molecule has 0 fully saturated rings. The fraction of sp³-hybridized carbons (Fsp3) is 0.0526. The van der Waals surface area contributed by atoms with Gasteiger partial charge in [-0.15, -0.1) is 11.3 Å². The zero-order valence-corrected chi connectivity index (χ0v) is 13.3. The number of phenolic OH excluding ortho intramolecular Hbond substituents is 1. The summed E-state index contributed by atoms with van der Waals surface area (Å²) in [6, 6.07) is 17.1. The highest BCUT2D eigenvalue weighted by atomic mass is 32.1. The van der Waals surface area contributed by atoms with Gasteiger partial charge in [-0.25, -0.2) is 4.98 Å². The standard InChI is InChI=1S/C19H14N2OS/c1-13-2-6-15(7-3-13)18-12-23-19(21-18)16(11-20)10-14-4-8-17(22)9-5-14/h2-10,12,22H,1H3/b16-10-. The van der Waals surface area contributed by atoms with Gasteiger partial charge >= 0.3 is 0 Å². The van der Waals surface area contributed by atoms with Crippen LogP contribution in [0.3, 0.4) is 0 Å². The number of aromatic hydroxyl groups is 1. The Labute approximate surface area is 138 Å². The van der Waals surface area contributed by atoms with Gasteiger partial charge in [0.2, 0.25) is 0 Å². The van der Waals surface area contributed by atoms with E-state index in [2.05, 4.69) is 11.1 Å². The monoisotopic (exact) mass is 318 g/mol. The van der Waals surface area contributed by atoms with E-state index in [1.54, 1.807) is 30.3 Å². The van der Waals surface area contributed by atoms with E-state index in [1.165, 1.54) is 16.9 Å². The average Bonchev–Trinajstić information content (AvgIpc) is 3.05. The maximum Gasteiger partial charge on any atom is 0.134 e. The molecule has 1 N–H and O–H groups in total. The third kappa shape index (κ3) is 3.47. The summed E-state index contributed by atoms with van der Waals surface area (Å²) in [6.45, 7) is 2.05. The maximum atomic E-state index is 9.41. The fourth-order valence-corrected chi connectivity index (χ4v) is 2.93. The van der Waals surface area contributed by atoms with E-state index in [1.807, 2.05) is 36.6 Å². The van der Waals surface area contributed by atoms with Gasteiger partial charge in [0, 0.05) is 10.9 Å². The van der Waals surface area contributed by atoms with Crippen molar-refractivity contribution < 1.29 is 5.11 Å². The van der Waals surface area contributed by atoms with Crippen molar-refractivity contribution in [3.8, 4) is 23.1 Å². The molecule has 0 radical (unpaired) electrons. The predicted molar refractivity (Wildman–Crippen MR) is 93.9 cm³/mol. The lowest BCUT2D eigenvalue weighted by Crippen LogP contribution is -1.83. The Bertz CT molecular complexity index is 884. The second-order valence-electron chi connectivity index (χ2n) is 5.17. The fourth-order valence-electron chi connectivity index (χ4n) is 2.13. The van der Waals surface area contributed by atoms with Crippen LogP contribution in [0.5, 0.6) is 5.75 Å². The van der Waals surface area contributed by atoms with Crippen molar-refractivity contribution >= 4 is 23.0 Å². The van der Waals surface area contributed by atoms with Crippen LogP contribution in [0.2, 0.25) is 0 Å². The molecule has 0 unspecified atom stereocenters. The van der Waals surface area contributed by atoms with Crippen LogP contribution in [-0.4, -0.2) is 10.1 Å². The molecule has 0 saturated heterocycles. The van der Waals surface area contributed by atoms with Gasteiger partial charge in [0.05, 0.1) is 11.3 Å². The lowest BCUT2D eigenvalue weighted by molar-refractivity contribution is 0.475. The molecule has 0 atom stereocenters. The van der Waals surface area contributed by atoms with Crippen LogP contribution < -0.4 is 0 Å². The van der Waals surface area contributed by atoms with Crippen LogP contribution in [0.15, 0.2) is 53.9 Å². The van der Waals surface area contributed by atoms with Gasteiger partial charge in [0.25, 0.3) is 0 Å². The third-order valence-electron chi connectivity index (χ3n) is 3.41. The first-order chi connectivity index (χ1) is 11.2. The molecule has 23 heavy (non-hydrogen) atoms. The molecule has 0 aliphatic carbocycles. The number of nitriles is 1. The first kappa shape index (κ1) is 15.0. The molecular weight excluding hydrogens is 304 g/mol. The zero-order valence-electron chi connectivity index (χ0n) is 12.5. The molecule has 0 saturated carbocycles. The molecule has 0 amide bonds. The Morgan fingerprint density at radius 2 is 1.83 bits per heavy atom. The van der Waals surface area contributed by atoms with Crippen LogP contribution >= 0.6 is 11.3 Å². The number of hydrogen-bond donors (Lipinski definition) is 1. The second-order valence-corrected chi connectivity index (χ2v) is 6.02. The molecule has 0 spiro atoms. The summed E-state index contributed by atoms with van der Waals surface area (Å²) in [6.07, 6.45) is 1.77. The summed E-state index contributed by atoms with van der Waals surface area (Å²) in [7, 11) is 0. The number of nitrogens with zero attached hydrogens (tertiary/aromatic N) is 2. The molecule has 4 heteroatoms. The van der Waals surface area contributed by atoms with Gasteiger partial charge < -0.3 is 5.11 Å². The molecule has 112 valence electrons. The number of aromatic nitrogens is 1. The highest BCUT2D eigenvalue weighted by Crippen LogP contribution is 2.27. The minimum atomic E-state index is 0.205. The van der Waals surface area contributed by atoms with E-state index in [9.17, 15) is 10.4 Å². The number of benzene rings is 2. The molecule has 3 aromatic rings. The van der Waals surface area contributed by atoms with Crippen molar-refractivity contribution in [3.05, 3.63) is 70.0 Å². The Morgan fingerprint density at radius 1 is 1.13 bits per heavy atom. The number of rotatable bonds is 3. The van der Waals surface area contributed by atoms with E-state index < -0.39 is 0 Å². The van der Waals surface area contributed by atoms with Crippen molar-refractivity contribution in [2.75, 3.05) is 0 Å². The van der Waals surface area contributed by atoms with Gasteiger partial charge in [0.1, 0.15) is 16.8 Å². The molecule has 0 aliphatic rings. The first-order valence-electron chi connectivity index (χ1n) is 7.09. The first-order valence-corrected chi connectivity index (χ1v) is 7.97. The van der Waals surface area contributed by atoms with Crippen molar-refractivity contribution in [1.82, 2.24) is 4.98 Å². The maximum absolute atomic E-state index is 9.41. The number of aryl methyl sites for hydroxylation is 1. The minimum absolute atomic E-state index is 0.205. The quantitative estimate of drug-likeness (QED) is 0.700. The van der Waals surface area contributed by atoms with Crippen LogP contribution in [0.1, 0.15) is 16.1 Å². The Kier molecular flexibility index (Phi) is 4.22. The molecule has 2 aromatic carbocycles. The minimum Gasteiger partial charge on any atom is -0.508 e. The lowest BCUT2D eigenvalue weighted by atomic mass is 10.1. The van der Waals surface area contributed by atoms with E-state index in [0.29, 0.717) is 10.6 Å². The van der Waals surface area contributed by atoms with Gasteiger partial charge in [-0.3, -0.25) is 0 Å². The number of allylic oxidation sites excluding steroid dienone is 1. The molecule has 0 aliphatic heterocycles. The van der Waals surface area contributed by atoms with Gasteiger partial charge in [-0.2, -0.15) is 5.26 Å². The number of thiazole rings is 1. The SMILES string of the molecule is Cc1ccc(-c2csc(/C(C#N)=C\c3ccc(O)cc3)n2)cc1. The molecular formula is C19H14N2OS. The van der Waals surface area contributed by atoms with Gasteiger partial charge in [-0.1, -0.05) is 42.0 Å². The smallest absolute Gasteiger partial charge is 0.134 e. The molecule has 0 bridgehead atoms. The number of hydrogen-bond acceptors (Lipinski definition) is 4. The van der Waals surface area contributed by atoms with E-state index in [-0.39, 0.29) is 5.75 Å². The van der Waals surface area contributed by atoms with Crippen molar-refractivity contribution in [2.24, 2.45) is 0 Å². The summed E-state index contributed by atoms with van der Waals surface area (Å²) >= 11 is 1.45. The van der Waals surface area contributed by atoms with Gasteiger partial charge in [-0.05, 0) is 30.7 Å². The van der Waals surface area contributed by atoms with E-state index in [4.69, 9.17) is 0 Å². The van der Waals surface area contributed by atoms with Crippen LogP contribution in [-0.2, 0) is 0 Å². The molecule has 3 rings (SSSR count). The van der Waals surface area contributed by atoms with Crippen molar-refractivity contribution in [3.63, 3.8) is 0 Å². The lowest BCUT2D eigenvalue weighted by Gasteiger charge is -1.98. The summed E-state index contributed by atoms with van der Waals surface area (Å²) in [5.41, 5.74) is 4.48. The molecule has 1 aromatic heterocycles. The molecule has 1 heterocycles. The van der Waals surface area contributed by atoms with Gasteiger partial charge in [0.15, 0.2) is 0 Å². The largest absolute Gasteiger partial charge is 0.508 e. The highest BCUT2D eigenvalue weighted by Gasteiger charge is 2.09. The second kappa shape index (κ2) is 6.47. The Morgan fingerprint density at radius 3 is 2.48 bits per heavy atom. The zero-order chi connectivity index (χ0) is 16.2. The highest BCUT2D eigenvalue weighted by molar-refractivity contribution is 7.11. The van der Waals surface area contributed by atoms with Crippen LogP contribution in [0, 0.1) is 18.3 Å². The summed E-state index contributed by atoms with van der Waals surface area (Å²) < 4.78 is 0. The third-order valence-corrected chi connectivity index (χ3v) is 4.28. The average molecular weight is 318 g/mol. The van der Waals surface area contributed by atoms with Crippen molar-refractivity contribution in [2.45, 2.75) is 6.92 Å². The Balaban J connectivity index is 1.92.